The zero-order valence-electron chi connectivity index (χ0n) is 9.71. The first-order valence-corrected chi connectivity index (χ1v) is 5.75. The third kappa shape index (κ3) is 3.12. The van der Waals surface area contributed by atoms with E-state index in [0.717, 1.165) is 23.2 Å². The van der Waals surface area contributed by atoms with Crippen LogP contribution in [-0.4, -0.2) is 17.6 Å². The van der Waals surface area contributed by atoms with Crippen LogP contribution in [0.3, 0.4) is 0 Å². The molecule has 2 aromatic rings. The fourth-order valence-electron chi connectivity index (χ4n) is 1.71. The number of rotatable bonds is 4. The monoisotopic (exact) mass is 227 g/mol. The van der Waals surface area contributed by atoms with Crippen LogP contribution in [0.2, 0.25) is 0 Å². The Hall–Kier alpha value is -1.71. The van der Waals surface area contributed by atoms with E-state index in [1.165, 1.54) is 0 Å². The highest BCUT2D eigenvalue weighted by molar-refractivity contribution is 5.58. The lowest BCUT2D eigenvalue weighted by atomic mass is 10.1. The third-order valence-corrected chi connectivity index (χ3v) is 2.69. The van der Waals surface area contributed by atoms with Gasteiger partial charge in [-0.25, -0.2) is 0 Å². The molecule has 4 N–H and O–H groups in total. The molecule has 0 saturated carbocycles. The first-order valence-electron chi connectivity index (χ1n) is 5.75. The highest BCUT2D eigenvalue weighted by atomic mass is 14.7. The van der Waals surface area contributed by atoms with E-state index in [1.54, 1.807) is 0 Å². The van der Waals surface area contributed by atoms with Crippen molar-refractivity contribution >= 4 is 0 Å². The van der Waals surface area contributed by atoms with Crippen LogP contribution in [0.15, 0.2) is 48.7 Å². The Morgan fingerprint density at radius 1 is 1.06 bits per heavy atom. The Balaban J connectivity index is 2.13. The summed E-state index contributed by atoms with van der Waals surface area (Å²) in [5.74, 6) is 0. The van der Waals surface area contributed by atoms with Gasteiger partial charge in [0.05, 0.1) is 5.69 Å². The van der Waals surface area contributed by atoms with E-state index in [2.05, 4.69) is 11.1 Å². The van der Waals surface area contributed by atoms with Gasteiger partial charge in [0.2, 0.25) is 0 Å². The predicted octanol–water partition coefficient (Wildman–Crippen LogP) is 1.58. The van der Waals surface area contributed by atoms with Crippen molar-refractivity contribution in [1.82, 2.24) is 4.98 Å². The van der Waals surface area contributed by atoms with Gasteiger partial charge in [-0.15, -0.1) is 0 Å². The molecular weight excluding hydrogens is 210 g/mol. The molecule has 1 heterocycles. The van der Waals surface area contributed by atoms with E-state index in [-0.39, 0.29) is 6.04 Å². The molecule has 0 aliphatic rings. The van der Waals surface area contributed by atoms with E-state index in [9.17, 15) is 0 Å². The fourth-order valence-corrected chi connectivity index (χ4v) is 1.71. The van der Waals surface area contributed by atoms with E-state index in [0.29, 0.717) is 6.54 Å². The van der Waals surface area contributed by atoms with Gasteiger partial charge >= 0.3 is 0 Å². The van der Waals surface area contributed by atoms with Crippen molar-refractivity contribution in [3.8, 4) is 11.3 Å². The fraction of sp³-hybridized carbons (Fsp3) is 0.214. The second-order valence-electron chi connectivity index (χ2n) is 4.12. The maximum Gasteiger partial charge on any atom is 0.0702 e. The summed E-state index contributed by atoms with van der Waals surface area (Å²) in [6, 6.07) is 14.2. The van der Waals surface area contributed by atoms with E-state index in [1.807, 2.05) is 42.6 Å². The minimum absolute atomic E-state index is 0.0133. The van der Waals surface area contributed by atoms with Crippen molar-refractivity contribution in [2.45, 2.75) is 12.5 Å². The lowest BCUT2D eigenvalue weighted by Crippen LogP contribution is -2.31. The van der Waals surface area contributed by atoms with Gasteiger partial charge in [0.15, 0.2) is 0 Å². The summed E-state index contributed by atoms with van der Waals surface area (Å²) in [4.78, 5) is 4.44. The molecule has 88 valence electrons. The van der Waals surface area contributed by atoms with Gasteiger partial charge in [-0.05, 0) is 18.1 Å². The van der Waals surface area contributed by atoms with Crippen LogP contribution in [0.5, 0.6) is 0 Å². The van der Waals surface area contributed by atoms with Gasteiger partial charge < -0.3 is 11.5 Å². The summed E-state index contributed by atoms with van der Waals surface area (Å²) < 4.78 is 0. The highest BCUT2D eigenvalue weighted by Gasteiger charge is 2.03. The number of hydrogen-bond acceptors (Lipinski definition) is 3. The van der Waals surface area contributed by atoms with Crippen LogP contribution in [0.25, 0.3) is 11.3 Å². The zero-order chi connectivity index (χ0) is 12.1. The molecule has 17 heavy (non-hydrogen) atoms. The predicted molar refractivity (Wildman–Crippen MR) is 70.4 cm³/mol. The van der Waals surface area contributed by atoms with Gasteiger partial charge in [0.1, 0.15) is 0 Å². The Bertz CT molecular complexity index is 451. The molecule has 0 aliphatic carbocycles. The maximum absolute atomic E-state index is 5.80. The van der Waals surface area contributed by atoms with Crippen LogP contribution >= 0.6 is 0 Å². The zero-order valence-corrected chi connectivity index (χ0v) is 9.71. The summed E-state index contributed by atoms with van der Waals surface area (Å²) in [7, 11) is 0. The largest absolute Gasteiger partial charge is 0.329 e. The lowest BCUT2D eigenvalue weighted by molar-refractivity contribution is 0.677. The molecule has 3 nitrogen and oxygen atoms in total. The second-order valence-corrected chi connectivity index (χ2v) is 4.12. The van der Waals surface area contributed by atoms with Gasteiger partial charge in [-0.3, -0.25) is 4.98 Å². The van der Waals surface area contributed by atoms with Crippen LogP contribution in [0.4, 0.5) is 0 Å². The first kappa shape index (κ1) is 11.8. The van der Waals surface area contributed by atoms with Crippen LogP contribution in [0.1, 0.15) is 5.56 Å². The number of benzene rings is 1. The topological polar surface area (TPSA) is 64.9 Å². The number of nitrogens with two attached hydrogens (primary N) is 2. The third-order valence-electron chi connectivity index (χ3n) is 2.69. The van der Waals surface area contributed by atoms with Crippen molar-refractivity contribution < 1.29 is 0 Å². The van der Waals surface area contributed by atoms with Crippen molar-refractivity contribution in [1.29, 1.82) is 0 Å². The highest BCUT2D eigenvalue weighted by Crippen LogP contribution is 2.16. The Labute approximate surface area is 101 Å². The average Bonchev–Trinajstić information content (AvgIpc) is 2.40. The molecule has 0 saturated heterocycles. The van der Waals surface area contributed by atoms with Crippen LogP contribution in [-0.2, 0) is 6.42 Å². The summed E-state index contributed by atoms with van der Waals surface area (Å²) in [6.07, 6.45) is 2.65. The molecule has 3 heteroatoms. The number of aromatic nitrogens is 1. The SMILES string of the molecule is NCC(N)Cc1ccc(-c2ccccc2)nc1. The van der Waals surface area contributed by atoms with E-state index >= 15 is 0 Å². The quantitative estimate of drug-likeness (QED) is 0.833. The molecule has 1 atom stereocenters. The van der Waals surface area contributed by atoms with Crippen molar-refractivity contribution in [3.05, 3.63) is 54.2 Å². The minimum atomic E-state index is 0.0133. The van der Waals surface area contributed by atoms with E-state index in [4.69, 9.17) is 11.5 Å². The van der Waals surface area contributed by atoms with Gasteiger partial charge in [-0.1, -0.05) is 36.4 Å². The molecule has 0 amide bonds. The Morgan fingerprint density at radius 2 is 1.82 bits per heavy atom. The molecule has 1 aromatic carbocycles. The molecule has 2 rings (SSSR count). The second kappa shape index (κ2) is 5.57. The Kier molecular flexibility index (Phi) is 3.85. The molecule has 0 aliphatic heterocycles. The van der Waals surface area contributed by atoms with Gasteiger partial charge in [0, 0.05) is 24.3 Å². The number of pyridine rings is 1. The van der Waals surface area contributed by atoms with Crippen LogP contribution < -0.4 is 11.5 Å². The standard InChI is InChI=1S/C14H17N3/c15-9-13(16)8-11-6-7-14(17-10-11)12-4-2-1-3-5-12/h1-7,10,13H,8-9,15-16H2. The van der Waals surface area contributed by atoms with Gasteiger partial charge in [0.25, 0.3) is 0 Å². The summed E-state index contributed by atoms with van der Waals surface area (Å²) in [5.41, 5.74) is 14.5. The van der Waals surface area contributed by atoms with Crippen molar-refractivity contribution in [2.24, 2.45) is 11.5 Å². The van der Waals surface area contributed by atoms with Crippen molar-refractivity contribution in [3.63, 3.8) is 0 Å². The summed E-state index contributed by atoms with van der Waals surface area (Å²) >= 11 is 0. The van der Waals surface area contributed by atoms with Crippen LogP contribution in [0, 0.1) is 0 Å². The number of hydrogen-bond donors (Lipinski definition) is 2. The Morgan fingerprint density at radius 3 is 2.41 bits per heavy atom. The molecule has 1 unspecified atom stereocenters. The molecule has 0 spiro atoms. The molecule has 0 fully saturated rings. The normalized spacial score (nSPS) is 12.4. The summed E-state index contributed by atoms with van der Waals surface area (Å²) in [5, 5.41) is 0. The maximum atomic E-state index is 5.80. The smallest absolute Gasteiger partial charge is 0.0702 e. The van der Waals surface area contributed by atoms with Crippen molar-refractivity contribution in [2.75, 3.05) is 6.54 Å². The average molecular weight is 227 g/mol. The minimum Gasteiger partial charge on any atom is -0.329 e. The first-order chi connectivity index (χ1) is 8.29. The molecule has 0 bridgehead atoms. The lowest BCUT2D eigenvalue weighted by Gasteiger charge is -2.08. The summed E-state index contributed by atoms with van der Waals surface area (Å²) in [6.45, 7) is 0.500. The molecule has 1 aromatic heterocycles. The molecular formula is C14H17N3. The molecule has 0 radical (unpaired) electrons. The number of nitrogens with zero attached hydrogens (tertiary/aromatic N) is 1. The van der Waals surface area contributed by atoms with Gasteiger partial charge in [-0.2, -0.15) is 0 Å². The van der Waals surface area contributed by atoms with E-state index < -0.39 is 0 Å².